The van der Waals surface area contributed by atoms with Crippen molar-refractivity contribution >= 4 is 5.91 Å². The van der Waals surface area contributed by atoms with Crippen molar-refractivity contribution in [3.63, 3.8) is 0 Å². The van der Waals surface area contributed by atoms with Gasteiger partial charge in [-0.05, 0) is 26.2 Å². The second-order valence-electron chi connectivity index (χ2n) is 3.87. The first-order valence-electron chi connectivity index (χ1n) is 6.21. The number of carbonyl (C=O) groups is 1. The van der Waals surface area contributed by atoms with Crippen LogP contribution in [0.25, 0.3) is 0 Å². The van der Waals surface area contributed by atoms with Crippen LogP contribution in [0.2, 0.25) is 0 Å². The monoisotopic (exact) mass is 227 g/mol. The fourth-order valence-corrected chi connectivity index (χ4v) is 1.63. The molecule has 3 heteroatoms. The van der Waals surface area contributed by atoms with Crippen LogP contribution in [0.1, 0.15) is 51.9 Å². The molecule has 0 aromatic carbocycles. The molecular weight excluding hydrogens is 202 g/mol. The van der Waals surface area contributed by atoms with E-state index in [1.807, 2.05) is 13.0 Å². The zero-order chi connectivity index (χ0) is 12.2. The van der Waals surface area contributed by atoms with Crippen LogP contribution in [0.3, 0.4) is 0 Å². The highest BCUT2D eigenvalue weighted by molar-refractivity contribution is 5.74. The lowest BCUT2D eigenvalue weighted by Crippen LogP contribution is -2.29. The molecule has 0 saturated heterocycles. The van der Waals surface area contributed by atoms with Crippen LogP contribution in [0.4, 0.5) is 0 Å². The highest BCUT2D eigenvalue weighted by Crippen LogP contribution is 2.08. The van der Waals surface area contributed by atoms with E-state index in [9.17, 15) is 4.79 Å². The van der Waals surface area contributed by atoms with Gasteiger partial charge in [0.2, 0.25) is 5.91 Å². The molecule has 0 aromatic rings. The van der Waals surface area contributed by atoms with Crippen molar-refractivity contribution < 1.29 is 9.63 Å². The van der Waals surface area contributed by atoms with Gasteiger partial charge >= 0.3 is 0 Å². The van der Waals surface area contributed by atoms with Gasteiger partial charge in [0.1, 0.15) is 0 Å². The van der Waals surface area contributed by atoms with Crippen LogP contribution in [-0.4, -0.2) is 24.6 Å². The minimum atomic E-state index is 0.0936. The van der Waals surface area contributed by atoms with Gasteiger partial charge < -0.3 is 0 Å². The molecule has 0 N–H and O–H groups in total. The molecule has 1 amide bonds. The summed E-state index contributed by atoms with van der Waals surface area (Å²) in [5.74, 6) is 0.0936. The molecule has 0 bridgehead atoms. The van der Waals surface area contributed by atoms with Crippen molar-refractivity contribution in [3.05, 3.63) is 12.7 Å². The van der Waals surface area contributed by atoms with Gasteiger partial charge in [-0.25, -0.2) is 5.06 Å². The van der Waals surface area contributed by atoms with Crippen LogP contribution in [0.5, 0.6) is 0 Å². The van der Waals surface area contributed by atoms with Crippen LogP contribution in [-0.2, 0) is 9.63 Å². The van der Waals surface area contributed by atoms with Gasteiger partial charge in [-0.1, -0.05) is 25.3 Å². The molecule has 0 fully saturated rings. The first-order chi connectivity index (χ1) is 7.76. The lowest BCUT2D eigenvalue weighted by Gasteiger charge is -2.17. The number of amides is 1. The normalized spacial score (nSPS) is 10.1. The van der Waals surface area contributed by atoms with Crippen molar-refractivity contribution in [2.45, 2.75) is 51.9 Å². The first-order valence-corrected chi connectivity index (χ1v) is 6.21. The van der Waals surface area contributed by atoms with Crippen molar-refractivity contribution in [1.82, 2.24) is 5.06 Å². The molecule has 0 saturated carbocycles. The molecule has 0 spiro atoms. The topological polar surface area (TPSA) is 29.5 Å². The number of nitrogens with zero attached hydrogens (tertiary/aromatic N) is 1. The van der Waals surface area contributed by atoms with Crippen LogP contribution in [0, 0.1) is 0 Å². The largest absolute Gasteiger partial charge is 0.274 e. The summed E-state index contributed by atoms with van der Waals surface area (Å²) in [4.78, 5) is 16.5. The Hall–Kier alpha value is -0.830. The third-order valence-corrected chi connectivity index (χ3v) is 2.58. The molecule has 0 aliphatic rings. The molecular formula is C13H25NO2. The second kappa shape index (κ2) is 10.7. The molecule has 0 aromatic heterocycles. The van der Waals surface area contributed by atoms with E-state index in [4.69, 9.17) is 4.84 Å². The fraction of sp³-hybridized carbons (Fsp3) is 0.769. The maximum Gasteiger partial charge on any atom is 0.246 e. The molecule has 0 rings (SSSR count). The summed E-state index contributed by atoms with van der Waals surface area (Å²) in [6.45, 7) is 6.23. The van der Waals surface area contributed by atoms with Gasteiger partial charge in [0.15, 0.2) is 0 Å². The Morgan fingerprint density at radius 1 is 1.25 bits per heavy atom. The lowest BCUT2D eigenvalue weighted by atomic mass is 10.1. The van der Waals surface area contributed by atoms with Gasteiger partial charge in [-0.2, -0.15) is 0 Å². The minimum absolute atomic E-state index is 0.0936. The highest BCUT2D eigenvalue weighted by atomic mass is 16.7. The third-order valence-electron chi connectivity index (χ3n) is 2.58. The Labute approximate surface area is 99.4 Å². The van der Waals surface area contributed by atoms with Crippen molar-refractivity contribution in [2.24, 2.45) is 0 Å². The standard InChI is InChI=1S/C13H25NO2/c1-4-6-7-8-9-10-11-12-13(15)14(5-2)16-3/h4H,1,5-12H2,2-3H3. The molecule has 0 radical (unpaired) electrons. The van der Waals surface area contributed by atoms with Crippen molar-refractivity contribution in [2.75, 3.05) is 13.7 Å². The fourth-order valence-electron chi connectivity index (χ4n) is 1.63. The SMILES string of the molecule is C=CCCCCCCCC(=O)N(CC)OC. The van der Waals surface area contributed by atoms with E-state index in [1.54, 1.807) is 0 Å². The van der Waals surface area contributed by atoms with Gasteiger partial charge in [-0.3, -0.25) is 9.63 Å². The Bertz CT molecular complexity index is 188. The van der Waals surface area contributed by atoms with Gasteiger partial charge in [0, 0.05) is 13.0 Å². The molecule has 0 heterocycles. The zero-order valence-corrected chi connectivity index (χ0v) is 10.7. The first kappa shape index (κ1) is 15.2. The Balaban J connectivity index is 3.37. The Morgan fingerprint density at radius 2 is 1.88 bits per heavy atom. The summed E-state index contributed by atoms with van der Waals surface area (Å²) >= 11 is 0. The van der Waals surface area contributed by atoms with E-state index in [2.05, 4.69) is 6.58 Å². The maximum absolute atomic E-state index is 11.5. The van der Waals surface area contributed by atoms with E-state index < -0.39 is 0 Å². The summed E-state index contributed by atoms with van der Waals surface area (Å²) < 4.78 is 0. The van der Waals surface area contributed by atoms with E-state index in [0.717, 1.165) is 19.3 Å². The van der Waals surface area contributed by atoms with Crippen LogP contribution < -0.4 is 0 Å². The van der Waals surface area contributed by atoms with Gasteiger partial charge in [-0.15, -0.1) is 6.58 Å². The quantitative estimate of drug-likeness (QED) is 0.325. The summed E-state index contributed by atoms with van der Waals surface area (Å²) in [5, 5.41) is 1.41. The summed E-state index contributed by atoms with van der Waals surface area (Å²) in [5.41, 5.74) is 0. The number of unbranched alkanes of at least 4 members (excludes halogenated alkanes) is 5. The highest BCUT2D eigenvalue weighted by Gasteiger charge is 2.09. The van der Waals surface area contributed by atoms with E-state index in [-0.39, 0.29) is 5.91 Å². The summed E-state index contributed by atoms with van der Waals surface area (Å²) in [6.07, 6.45) is 9.42. The van der Waals surface area contributed by atoms with E-state index >= 15 is 0 Å². The van der Waals surface area contributed by atoms with Crippen molar-refractivity contribution in [3.8, 4) is 0 Å². The third kappa shape index (κ3) is 7.46. The molecule has 0 atom stereocenters. The minimum Gasteiger partial charge on any atom is -0.274 e. The molecule has 0 unspecified atom stereocenters. The zero-order valence-electron chi connectivity index (χ0n) is 10.7. The summed E-state index contributed by atoms with van der Waals surface area (Å²) in [7, 11) is 1.54. The van der Waals surface area contributed by atoms with Gasteiger partial charge in [0.05, 0.1) is 7.11 Å². The predicted molar refractivity (Wildman–Crippen MR) is 66.9 cm³/mol. The molecule has 3 nitrogen and oxygen atoms in total. The van der Waals surface area contributed by atoms with E-state index in [1.165, 1.54) is 31.4 Å². The number of carbonyl (C=O) groups excluding carboxylic acids is 1. The predicted octanol–water partition coefficient (Wildman–Crippen LogP) is 3.31. The number of hydrogen-bond acceptors (Lipinski definition) is 2. The smallest absolute Gasteiger partial charge is 0.246 e. The lowest BCUT2D eigenvalue weighted by molar-refractivity contribution is -0.174. The summed E-state index contributed by atoms with van der Waals surface area (Å²) in [6, 6.07) is 0. The average Bonchev–Trinajstić information content (AvgIpc) is 2.29. The van der Waals surface area contributed by atoms with Gasteiger partial charge in [0.25, 0.3) is 0 Å². The molecule has 0 aliphatic carbocycles. The number of hydroxylamine groups is 2. The Morgan fingerprint density at radius 3 is 2.44 bits per heavy atom. The number of hydrogen-bond donors (Lipinski definition) is 0. The van der Waals surface area contributed by atoms with Crippen LogP contribution in [0.15, 0.2) is 12.7 Å². The molecule has 94 valence electrons. The maximum atomic E-state index is 11.5. The molecule has 16 heavy (non-hydrogen) atoms. The van der Waals surface area contributed by atoms with Crippen LogP contribution >= 0.6 is 0 Å². The Kier molecular flexibility index (Phi) is 10.1. The number of allylic oxidation sites excluding steroid dienone is 1. The van der Waals surface area contributed by atoms with Crippen molar-refractivity contribution in [1.29, 1.82) is 0 Å². The average molecular weight is 227 g/mol. The number of rotatable bonds is 10. The van der Waals surface area contributed by atoms with E-state index in [0.29, 0.717) is 13.0 Å². The molecule has 0 aliphatic heterocycles. The second-order valence-corrected chi connectivity index (χ2v) is 3.87.